The number of nitrogens with one attached hydrogen (secondary N) is 2. The van der Waals surface area contributed by atoms with E-state index in [-0.39, 0.29) is 23.2 Å². The van der Waals surface area contributed by atoms with Gasteiger partial charge in [0.1, 0.15) is 5.82 Å². The number of pyridine rings is 1. The molecule has 1 aliphatic rings. The number of nitrogens with zero attached hydrogens (tertiary/aromatic N) is 5. The fourth-order valence-electron chi connectivity index (χ4n) is 3.88. The van der Waals surface area contributed by atoms with Gasteiger partial charge in [-0.05, 0) is 63.3 Å². The van der Waals surface area contributed by atoms with E-state index in [1.165, 1.54) is 12.3 Å². The Kier molecular flexibility index (Phi) is 6.97. The van der Waals surface area contributed by atoms with Crippen molar-refractivity contribution in [1.29, 1.82) is 0 Å². The number of rotatable bonds is 5. The molecule has 7 nitrogen and oxygen atoms in total. The molecule has 0 spiro atoms. The summed E-state index contributed by atoms with van der Waals surface area (Å²) in [5.41, 5.74) is 3.34. The second-order valence-electron chi connectivity index (χ2n) is 8.04. The standard InChI is InChI=1S/C23H23ClFN7.ClH/c1-31-10-8-18(9-11-31)28-21-6-7-22-26-14-20(32(22)30-21)15-2-4-17(5-3-15)29-23-19(25)12-16(24)13-27-23;/h2-7,12-14,18H,8-11H2,1H3,(H,27,29)(H,28,30);1H. The van der Waals surface area contributed by atoms with Gasteiger partial charge in [0.15, 0.2) is 17.3 Å². The lowest BCUT2D eigenvalue weighted by Gasteiger charge is -2.29. The molecular formula is C23H24Cl2FN7. The van der Waals surface area contributed by atoms with Gasteiger partial charge in [0.05, 0.1) is 16.9 Å². The van der Waals surface area contributed by atoms with Crippen LogP contribution in [0.1, 0.15) is 12.8 Å². The van der Waals surface area contributed by atoms with E-state index < -0.39 is 5.82 Å². The first-order chi connectivity index (χ1) is 15.5. The molecule has 1 aromatic carbocycles. The highest BCUT2D eigenvalue weighted by Gasteiger charge is 2.17. The summed E-state index contributed by atoms with van der Waals surface area (Å²) >= 11 is 5.77. The second-order valence-corrected chi connectivity index (χ2v) is 8.48. The Hall–Kier alpha value is -2.94. The topological polar surface area (TPSA) is 70.4 Å². The number of aromatic nitrogens is 4. The molecule has 3 aromatic heterocycles. The number of fused-ring (bicyclic) bond motifs is 1. The zero-order valence-electron chi connectivity index (χ0n) is 18.0. The van der Waals surface area contributed by atoms with Crippen molar-refractivity contribution in [2.75, 3.05) is 30.8 Å². The summed E-state index contributed by atoms with van der Waals surface area (Å²) in [6, 6.07) is 13.2. The summed E-state index contributed by atoms with van der Waals surface area (Å²) < 4.78 is 15.8. The van der Waals surface area contributed by atoms with Crippen molar-refractivity contribution < 1.29 is 4.39 Å². The molecule has 1 aliphatic heterocycles. The van der Waals surface area contributed by atoms with Crippen LogP contribution < -0.4 is 10.6 Å². The Bertz CT molecular complexity index is 1240. The fraction of sp³-hybridized carbons (Fsp3) is 0.261. The number of benzene rings is 1. The molecule has 33 heavy (non-hydrogen) atoms. The van der Waals surface area contributed by atoms with Gasteiger partial charge in [-0.2, -0.15) is 0 Å². The number of hydrogen-bond donors (Lipinski definition) is 2. The highest BCUT2D eigenvalue weighted by molar-refractivity contribution is 6.30. The van der Waals surface area contributed by atoms with Gasteiger partial charge in [-0.25, -0.2) is 18.9 Å². The van der Waals surface area contributed by atoms with Gasteiger partial charge in [-0.3, -0.25) is 0 Å². The number of imidazole rings is 1. The first-order valence-corrected chi connectivity index (χ1v) is 10.9. The molecule has 4 heterocycles. The lowest BCUT2D eigenvalue weighted by Crippen LogP contribution is -2.36. The minimum atomic E-state index is -0.503. The maximum Gasteiger partial charge on any atom is 0.167 e. The number of likely N-dealkylation sites (tertiary alicyclic amines) is 1. The SMILES string of the molecule is CN1CCC(Nc2ccc3ncc(-c4ccc(Nc5ncc(Cl)cc5F)cc4)n3n2)CC1.Cl. The van der Waals surface area contributed by atoms with Crippen LogP contribution in [0.15, 0.2) is 54.9 Å². The minimum absolute atomic E-state index is 0. The lowest BCUT2D eigenvalue weighted by atomic mass is 10.1. The van der Waals surface area contributed by atoms with Crippen LogP contribution in [0.4, 0.5) is 21.7 Å². The second kappa shape index (κ2) is 9.91. The molecule has 0 aliphatic carbocycles. The summed E-state index contributed by atoms with van der Waals surface area (Å²) in [6.07, 6.45) is 5.42. The van der Waals surface area contributed by atoms with Crippen LogP contribution in [0.3, 0.4) is 0 Å². The normalized spacial score (nSPS) is 14.8. The van der Waals surface area contributed by atoms with Crippen molar-refractivity contribution >= 4 is 47.0 Å². The largest absolute Gasteiger partial charge is 0.366 e. The van der Waals surface area contributed by atoms with E-state index in [2.05, 4.69) is 32.5 Å². The van der Waals surface area contributed by atoms with E-state index in [0.29, 0.717) is 11.7 Å². The third-order valence-electron chi connectivity index (χ3n) is 5.68. The van der Waals surface area contributed by atoms with Gasteiger partial charge in [-0.1, -0.05) is 23.7 Å². The quantitative estimate of drug-likeness (QED) is 0.400. The molecule has 5 rings (SSSR count). The third-order valence-corrected chi connectivity index (χ3v) is 5.89. The zero-order valence-corrected chi connectivity index (χ0v) is 19.6. The van der Waals surface area contributed by atoms with Crippen molar-refractivity contribution in [1.82, 2.24) is 24.5 Å². The van der Waals surface area contributed by atoms with Gasteiger partial charge >= 0.3 is 0 Å². The number of hydrogen-bond acceptors (Lipinski definition) is 6. The number of piperidine rings is 1. The zero-order chi connectivity index (χ0) is 22.1. The van der Waals surface area contributed by atoms with Gasteiger partial charge in [0.2, 0.25) is 0 Å². The summed E-state index contributed by atoms with van der Waals surface area (Å²) in [5, 5.41) is 11.6. The molecule has 4 aromatic rings. The van der Waals surface area contributed by atoms with Crippen molar-refractivity contribution in [2.24, 2.45) is 0 Å². The van der Waals surface area contributed by atoms with Crippen LogP contribution in [0.5, 0.6) is 0 Å². The Morgan fingerprint density at radius 1 is 1.03 bits per heavy atom. The lowest BCUT2D eigenvalue weighted by molar-refractivity contribution is 0.263. The molecule has 1 saturated heterocycles. The summed E-state index contributed by atoms with van der Waals surface area (Å²) in [4.78, 5) is 10.8. The van der Waals surface area contributed by atoms with E-state index in [4.69, 9.17) is 16.7 Å². The van der Waals surface area contributed by atoms with E-state index in [1.54, 1.807) is 0 Å². The highest BCUT2D eigenvalue weighted by atomic mass is 35.5. The van der Waals surface area contributed by atoms with Crippen molar-refractivity contribution in [3.8, 4) is 11.3 Å². The molecule has 1 fully saturated rings. The van der Waals surface area contributed by atoms with Gasteiger partial charge in [0.25, 0.3) is 0 Å². The van der Waals surface area contributed by atoms with Crippen LogP contribution in [0, 0.1) is 5.82 Å². The van der Waals surface area contributed by atoms with Crippen molar-refractivity contribution in [2.45, 2.75) is 18.9 Å². The summed E-state index contributed by atoms with van der Waals surface area (Å²) in [6.45, 7) is 2.18. The molecule has 2 N–H and O–H groups in total. The first kappa shape index (κ1) is 23.2. The summed E-state index contributed by atoms with van der Waals surface area (Å²) in [5.74, 6) is 0.467. The molecule has 172 valence electrons. The van der Waals surface area contributed by atoms with Gasteiger partial charge in [0, 0.05) is 23.5 Å². The van der Waals surface area contributed by atoms with E-state index in [1.807, 2.05) is 47.1 Å². The van der Waals surface area contributed by atoms with Crippen LogP contribution in [0.2, 0.25) is 5.02 Å². The Morgan fingerprint density at radius 3 is 2.52 bits per heavy atom. The van der Waals surface area contributed by atoms with E-state index in [0.717, 1.165) is 48.7 Å². The first-order valence-electron chi connectivity index (χ1n) is 10.5. The summed E-state index contributed by atoms with van der Waals surface area (Å²) in [7, 11) is 2.15. The molecule has 0 amide bonds. The maximum atomic E-state index is 14.0. The molecule has 10 heteroatoms. The molecule has 0 atom stereocenters. The van der Waals surface area contributed by atoms with E-state index >= 15 is 0 Å². The van der Waals surface area contributed by atoms with Crippen LogP contribution in [-0.4, -0.2) is 50.7 Å². The van der Waals surface area contributed by atoms with Gasteiger partial charge in [-0.15, -0.1) is 17.5 Å². The molecule has 0 unspecified atom stereocenters. The fourth-order valence-corrected chi connectivity index (χ4v) is 4.02. The minimum Gasteiger partial charge on any atom is -0.366 e. The highest BCUT2D eigenvalue weighted by Crippen LogP contribution is 2.25. The van der Waals surface area contributed by atoms with Gasteiger partial charge < -0.3 is 15.5 Å². The van der Waals surface area contributed by atoms with Crippen molar-refractivity contribution in [3.63, 3.8) is 0 Å². The molecule has 0 radical (unpaired) electrons. The monoisotopic (exact) mass is 487 g/mol. The van der Waals surface area contributed by atoms with Crippen LogP contribution in [-0.2, 0) is 0 Å². The maximum absolute atomic E-state index is 14.0. The average molecular weight is 488 g/mol. The molecule has 0 saturated carbocycles. The number of halogens is 3. The average Bonchev–Trinajstić information content (AvgIpc) is 3.21. The van der Waals surface area contributed by atoms with E-state index in [9.17, 15) is 4.39 Å². The predicted molar refractivity (Wildman–Crippen MR) is 132 cm³/mol. The van der Waals surface area contributed by atoms with Crippen molar-refractivity contribution in [3.05, 3.63) is 65.7 Å². The Labute approximate surface area is 202 Å². The predicted octanol–water partition coefficient (Wildman–Crippen LogP) is 5.26. The molecule has 0 bridgehead atoms. The number of anilines is 3. The Morgan fingerprint density at radius 2 is 1.79 bits per heavy atom. The Balaban J connectivity index is 0.00000259. The third kappa shape index (κ3) is 5.19. The van der Waals surface area contributed by atoms with Crippen LogP contribution in [0.25, 0.3) is 16.9 Å². The molecular weight excluding hydrogens is 464 g/mol. The smallest absolute Gasteiger partial charge is 0.167 e. The van der Waals surface area contributed by atoms with Crippen LogP contribution >= 0.6 is 24.0 Å².